The second-order valence-corrected chi connectivity index (χ2v) is 6.25. The van der Waals surface area contributed by atoms with E-state index in [-0.39, 0.29) is 17.7 Å². The van der Waals surface area contributed by atoms with Crippen molar-refractivity contribution in [1.29, 1.82) is 0 Å². The summed E-state index contributed by atoms with van der Waals surface area (Å²) in [6, 6.07) is 0. The molecule has 6 heteroatoms. The highest BCUT2D eigenvalue weighted by Gasteiger charge is 2.30. The highest BCUT2D eigenvalue weighted by Crippen LogP contribution is 2.17. The molecular weight excluding hydrogens is 270 g/mol. The summed E-state index contributed by atoms with van der Waals surface area (Å²) in [7, 11) is 0. The number of carbonyl (C=O) groups is 2. The molecule has 3 fully saturated rings. The van der Waals surface area contributed by atoms with E-state index in [1.54, 1.807) is 0 Å². The molecule has 0 aromatic heterocycles. The summed E-state index contributed by atoms with van der Waals surface area (Å²) in [5, 5.41) is 0. The molecule has 3 heterocycles. The monoisotopic (exact) mass is 295 g/mol. The lowest BCUT2D eigenvalue weighted by molar-refractivity contribution is -0.138. The highest BCUT2D eigenvalue weighted by atomic mass is 16.5. The second kappa shape index (κ2) is 6.75. The summed E-state index contributed by atoms with van der Waals surface area (Å²) in [5.74, 6) is 0.539. The molecule has 0 saturated carbocycles. The van der Waals surface area contributed by atoms with Gasteiger partial charge in [-0.25, -0.2) is 0 Å². The maximum atomic E-state index is 12.3. The fraction of sp³-hybridized carbons (Fsp3) is 0.867. The van der Waals surface area contributed by atoms with Crippen molar-refractivity contribution >= 4 is 11.8 Å². The van der Waals surface area contributed by atoms with Crippen LogP contribution in [0.4, 0.5) is 0 Å². The Hall–Kier alpha value is -1.14. The van der Waals surface area contributed by atoms with Gasteiger partial charge in [0.1, 0.15) is 0 Å². The molecule has 0 aromatic carbocycles. The maximum Gasteiger partial charge on any atom is 0.236 e. The van der Waals surface area contributed by atoms with Crippen LogP contribution in [0.2, 0.25) is 0 Å². The molecule has 3 rings (SSSR count). The predicted molar refractivity (Wildman–Crippen MR) is 77.8 cm³/mol. The van der Waals surface area contributed by atoms with Crippen molar-refractivity contribution in [2.75, 3.05) is 59.0 Å². The molecule has 6 nitrogen and oxygen atoms in total. The Morgan fingerprint density at radius 2 is 1.67 bits per heavy atom. The Labute approximate surface area is 126 Å². The number of hydrogen-bond donors (Lipinski definition) is 0. The lowest BCUT2D eigenvalue weighted by Gasteiger charge is -2.36. The number of piperazine rings is 1. The normalized spacial score (nSPS) is 27.3. The van der Waals surface area contributed by atoms with Gasteiger partial charge in [-0.3, -0.25) is 14.5 Å². The Balaban J connectivity index is 1.42. The molecule has 3 aliphatic rings. The van der Waals surface area contributed by atoms with Crippen molar-refractivity contribution in [3.8, 4) is 0 Å². The van der Waals surface area contributed by atoms with Gasteiger partial charge in [-0.05, 0) is 19.3 Å². The Kier molecular flexibility index (Phi) is 4.75. The van der Waals surface area contributed by atoms with E-state index in [4.69, 9.17) is 4.74 Å². The van der Waals surface area contributed by atoms with Crippen molar-refractivity contribution in [3.05, 3.63) is 0 Å². The smallest absolute Gasteiger partial charge is 0.236 e. The number of amides is 2. The molecular formula is C15H25N3O3. The molecule has 21 heavy (non-hydrogen) atoms. The first-order valence-corrected chi connectivity index (χ1v) is 8.11. The van der Waals surface area contributed by atoms with E-state index in [2.05, 4.69) is 4.90 Å². The van der Waals surface area contributed by atoms with Crippen molar-refractivity contribution < 1.29 is 14.3 Å². The zero-order chi connectivity index (χ0) is 14.7. The van der Waals surface area contributed by atoms with Gasteiger partial charge in [-0.15, -0.1) is 0 Å². The Morgan fingerprint density at radius 1 is 0.952 bits per heavy atom. The summed E-state index contributed by atoms with van der Waals surface area (Å²) in [4.78, 5) is 30.5. The molecule has 0 unspecified atom stereocenters. The molecule has 0 spiro atoms. The van der Waals surface area contributed by atoms with Gasteiger partial charge < -0.3 is 14.5 Å². The van der Waals surface area contributed by atoms with Crippen LogP contribution in [0, 0.1) is 5.92 Å². The van der Waals surface area contributed by atoms with Gasteiger partial charge in [0.15, 0.2) is 0 Å². The summed E-state index contributed by atoms with van der Waals surface area (Å²) in [6.07, 6.45) is 3.13. The van der Waals surface area contributed by atoms with Gasteiger partial charge in [0, 0.05) is 45.9 Å². The summed E-state index contributed by atoms with van der Waals surface area (Å²) in [5.41, 5.74) is 0. The minimum absolute atomic E-state index is 0.0581. The van der Waals surface area contributed by atoms with E-state index >= 15 is 0 Å². The summed E-state index contributed by atoms with van der Waals surface area (Å²) in [6.45, 7) is 6.71. The SMILES string of the molecule is O=C(CN1CCN(C(=O)[C@H]2CCOC2)CC1)N1CCCC1. The number of hydrogen-bond acceptors (Lipinski definition) is 4. The molecule has 2 amide bonds. The van der Waals surface area contributed by atoms with Crippen LogP contribution < -0.4 is 0 Å². The zero-order valence-corrected chi connectivity index (χ0v) is 12.6. The Morgan fingerprint density at radius 3 is 2.29 bits per heavy atom. The Bertz CT molecular complexity index is 382. The van der Waals surface area contributed by atoms with E-state index in [0.29, 0.717) is 19.8 Å². The molecule has 0 aliphatic carbocycles. The molecule has 1 atom stereocenters. The number of ether oxygens (including phenoxy) is 1. The molecule has 3 aliphatic heterocycles. The van der Waals surface area contributed by atoms with Crippen molar-refractivity contribution in [2.24, 2.45) is 5.92 Å². The predicted octanol–water partition coefficient (Wildman–Crippen LogP) is -0.210. The first-order chi connectivity index (χ1) is 10.2. The van der Waals surface area contributed by atoms with Gasteiger partial charge in [-0.2, -0.15) is 0 Å². The van der Waals surface area contributed by atoms with Crippen LogP contribution in [-0.2, 0) is 14.3 Å². The van der Waals surface area contributed by atoms with Gasteiger partial charge in [0.2, 0.25) is 11.8 Å². The number of nitrogens with zero attached hydrogens (tertiary/aromatic N) is 3. The number of likely N-dealkylation sites (tertiary alicyclic amines) is 1. The van der Waals surface area contributed by atoms with Crippen molar-refractivity contribution in [2.45, 2.75) is 19.3 Å². The van der Waals surface area contributed by atoms with Crippen LogP contribution in [0.5, 0.6) is 0 Å². The third-order valence-electron chi connectivity index (χ3n) is 4.78. The van der Waals surface area contributed by atoms with Crippen LogP contribution in [0.1, 0.15) is 19.3 Å². The van der Waals surface area contributed by atoms with Crippen LogP contribution >= 0.6 is 0 Å². The average Bonchev–Trinajstić information content (AvgIpc) is 3.20. The molecule has 0 bridgehead atoms. The fourth-order valence-corrected chi connectivity index (χ4v) is 3.37. The molecule has 118 valence electrons. The van der Waals surface area contributed by atoms with Crippen molar-refractivity contribution in [3.63, 3.8) is 0 Å². The zero-order valence-electron chi connectivity index (χ0n) is 12.6. The first-order valence-electron chi connectivity index (χ1n) is 8.11. The van der Waals surface area contributed by atoms with Crippen LogP contribution in [-0.4, -0.2) is 85.5 Å². The maximum absolute atomic E-state index is 12.3. The van der Waals surface area contributed by atoms with Crippen LogP contribution in [0.25, 0.3) is 0 Å². The standard InChI is InChI=1S/C15H25N3O3/c19-14(17-4-1-2-5-17)11-16-6-8-18(9-7-16)15(20)13-3-10-21-12-13/h13H,1-12H2/t13-/m0/s1. The molecule has 0 aromatic rings. The average molecular weight is 295 g/mol. The quantitative estimate of drug-likeness (QED) is 0.723. The van der Waals surface area contributed by atoms with E-state index in [1.165, 1.54) is 0 Å². The van der Waals surface area contributed by atoms with Crippen LogP contribution in [0.3, 0.4) is 0 Å². The van der Waals surface area contributed by atoms with Gasteiger partial charge in [-0.1, -0.05) is 0 Å². The first kappa shape index (κ1) is 14.8. The number of rotatable bonds is 3. The van der Waals surface area contributed by atoms with Crippen LogP contribution in [0.15, 0.2) is 0 Å². The largest absolute Gasteiger partial charge is 0.381 e. The second-order valence-electron chi connectivity index (χ2n) is 6.25. The fourth-order valence-electron chi connectivity index (χ4n) is 3.37. The molecule has 3 saturated heterocycles. The van der Waals surface area contributed by atoms with Gasteiger partial charge in [0.25, 0.3) is 0 Å². The lowest BCUT2D eigenvalue weighted by Crippen LogP contribution is -2.52. The lowest BCUT2D eigenvalue weighted by atomic mass is 10.1. The van der Waals surface area contributed by atoms with Gasteiger partial charge in [0.05, 0.1) is 19.1 Å². The minimum atomic E-state index is 0.0581. The van der Waals surface area contributed by atoms with E-state index < -0.39 is 0 Å². The third kappa shape index (κ3) is 3.55. The van der Waals surface area contributed by atoms with E-state index in [1.807, 2.05) is 9.80 Å². The van der Waals surface area contributed by atoms with E-state index in [9.17, 15) is 9.59 Å². The van der Waals surface area contributed by atoms with E-state index in [0.717, 1.165) is 58.5 Å². The van der Waals surface area contributed by atoms with Crippen molar-refractivity contribution in [1.82, 2.24) is 14.7 Å². The topological polar surface area (TPSA) is 53.1 Å². The summed E-state index contributed by atoms with van der Waals surface area (Å²) >= 11 is 0. The minimum Gasteiger partial charge on any atom is -0.381 e. The third-order valence-corrected chi connectivity index (χ3v) is 4.78. The van der Waals surface area contributed by atoms with Gasteiger partial charge >= 0.3 is 0 Å². The highest BCUT2D eigenvalue weighted by molar-refractivity contribution is 5.80. The molecule has 0 radical (unpaired) electrons. The number of carbonyl (C=O) groups excluding carboxylic acids is 2. The molecule has 0 N–H and O–H groups in total. The summed E-state index contributed by atoms with van der Waals surface area (Å²) < 4.78 is 5.29.